The number of unbranched alkanes of at least 4 members (excludes halogenated alkanes) is 1. The highest BCUT2D eigenvalue weighted by molar-refractivity contribution is 6.31. The van der Waals surface area contributed by atoms with E-state index in [9.17, 15) is 4.79 Å². The molecular weight excluding hydrogens is 422 g/mol. The normalized spacial score (nSPS) is 10.5. The SMILES string of the molecule is CCOCCOc1ccc(CCCCNC(=N)NC(=O)c2nc(Cl)c(N)nc2N)cc1. The lowest BCUT2D eigenvalue weighted by Gasteiger charge is -2.10. The molecule has 0 saturated heterocycles. The van der Waals surface area contributed by atoms with E-state index in [-0.39, 0.29) is 28.4 Å². The number of hydrogen-bond donors (Lipinski definition) is 5. The second-order valence-electron chi connectivity index (χ2n) is 6.54. The summed E-state index contributed by atoms with van der Waals surface area (Å²) in [7, 11) is 0. The molecule has 1 heterocycles. The first-order valence-electron chi connectivity index (χ1n) is 9.92. The minimum Gasteiger partial charge on any atom is -0.491 e. The molecule has 0 unspecified atom stereocenters. The summed E-state index contributed by atoms with van der Waals surface area (Å²) in [6.07, 6.45) is 2.64. The molecule has 0 aliphatic carbocycles. The number of nitrogens with two attached hydrogens (primary N) is 2. The van der Waals surface area contributed by atoms with Crippen LogP contribution >= 0.6 is 11.6 Å². The number of nitrogens with zero attached hydrogens (tertiary/aromatic N) is 2. The summed E-state index contributed by atoms with van der Waals surface area (Å²) in [5.41, 5.74) is 12.1. The second kappa shape index (κ2) is 12.6. The van der Waals surface area contributed by atoms with Crippen LogP contribution in [0.4, 0.5) is 11.6 Å². The van der Waals surface area contributed by atoms with Gasteiger partial charge in [-0.05, 0) is 43.9 Å². The van der Waals surface area contributed by atoms with Crippen molar-refractivity contribution in [3.05, 3.63) is 40.7 Å². The van der Waals surface area contributed by atoms with Crippen LogP contribution in [0.3, 0.4) is 0 Å². The molecule has 0 radical (unpaired) electrons. The number of amides is 1. The summed E-state index contributed by atoms with van der Waals surface area (Å²) in [6.45, 7) is 4.28. The van der Waals surface area contributed by atoms with Crippen LogP contribution in [0.2, 0.25) is 5.15 Å². The molecule has 0 saturated carbocycles. The van der Waals surface area contributed by atoms with Gasteiger partial charge >= 0.3 is 0 Å². The Hall–Kier alpha value is -3.11. The number of rotatable bonds is 11. The summed E-state index contributed by atoms with van der Waals surface area (Å²) in [5, 5.41) is 12.9. The van der Waals surface area contributed by atoms with E-state index in [1.54, 1.807) is 0 Å². The number of aryl methyl sites for hydroxylation is 1. The number of ether oxygens (including phenoxy) is 2. The monoisotopic (exact) mass is 449 g/mol. The third-order valence-electron chi connectivity index (χ3n) is 4.18. The van der Waals surface area contributed by atoms with Gasteiger partial charge in [0.25, 0.3) is 5.91 Å². The minimum absolute atomic E-state index is 0.0624. The molecule has 168 valence electrons. The zero-order valence-electron chi connectivity index (χ0n) is 17.4. The van der Waals surface area contributed by atoms with Crippen molar-refractivity contribution in [1.82, 2.24) is 20.6 Å². The average molecular weight is 450 g/mol. The number of carbonyl (C=O) groups excluding carboxylic acids is 1. The van der Waals surface area contributed by atoms with Gasteiger partial charge in [0.2, 0.25) is 0 Å². The van der Waals surface area contributed by atoms with Crippen LogP contribution in [0.15, 0.2) is 24.3 Å². The number of benzene rings is 1. The number of anilines is 2. The van der Waals surface area contributed by atoms with Gasteiger partial charge in [-0.1, -0.05) is 23.7 Å². The van der Waals surface area contributed by atoms with Crippen molar-refractivity contribution in [2.75, 3.05) is 37.8 Å². The molecule has 0 bridgehead atoms. The van der Waals surface area contributed by atoms with Crippen LogP contribution in [0, 0.1) is 5.41 Å². The van der Waals surface area contributed by atoms with E-state index >= 15 is 0 Å². The Morgan fingerprint density at radius 1 is 1.13 bits per heavy atom. The summed E-state index contributed by atoms with van der Waals surface area (Å²) < 4.78 is 10.8. The fourth-order valence-corrected chi connectivity index (χ4v) is 2.73. The predicted octanol–water partition coefficient (Wildman–Crippen LogP) is 1.99. The van der Waals surface area contributed by atoms with Crippen molar-refractivity contribution < 1.29 is 14.3 Å². The van der Waals surface area contributed by atoms with Crippen molar-refractivity contribution in [1.29, 1.82) is 5.41 Å². The maximum absolute atomic E-state index is 12.1. The standard InChI is InChI=1S/C20H28ClN7O3/c1-2-30-11-12-31-14-8-6-13(7-9-14)5-3-4-10-25-20(24)28-19(29)15-17(22)27-18(23)16(21)26-15/h6-9H,2-5,10-12H2,1H3,(H4,22,23,27)(H3,24,25,28,29). The second-order valence-corrected chi connectivity index (χ2v) is 6.89. The molecule has 2 rings (SSSR count). The predicted molar refractivity (Wildman–Crippen MR) is 120 cm³/mol. The summed E-state index contributed by atoms with van der Waals surface area (Å²) in [6, 6.07) is 7.97. The number of aromatic nitrogens is 2. The minimum atomic E-state index is -0.687. The van der Waals surface area contributed by atoms with Gasteiger partial charge in [-0.15, -0.1) is 0 Å². The Labute approximate surface area is 186 Å². The molecule has 0 atom stereocenters. The first kappa shape index (κ1) is 24.2. The zero-order valence-corrected chi connectivity index (χ0v) is 18.2. The number of carbonyl (C=O) groups is 1. The Balaban J connectivity index is 1.64. The van der Waals surface area contributed by atoms with E-state index in [1.807, 2.05) is 31.2 Å². The maximum atomic E-state index is 12.1. The van der Waals surface area contributed by atoms with E-state index < -0.39 is 5.91 Å². The first-order chi connectivity index (χ1) is 14.9. The molecule has 10 nitrogen and oxygen atoms in total. The maximum Gasteiger partial charge on any atom is 0.280 e. The summed E-state index contributed by atoms with van der Waals surface area (Å²) >= 11 is 5.76. The van der Waals surface area contributed by atoms with E-state index in [0.717, 1.165) is 25.0 Å². The van der Waals surface area contributed by atoms with Crippen molar-refractivity contribution in [2.24, 2.45) is 0 Å². The molecule has 0 fully saturated rings. The molecule has 0 aliphatic heterocycles. The van der Waals surface area contributed by atoms with Gasteiger partial charge in [-0.3, -0.25) is 15.5 Å². The van der Waals surface area contributed by atoms with Gasteiger partial charge in [-0.2, -0.15) is 0 Å². The number of nitrogen functional groups attached to an aromatic ring is 2. The fourth-order valence-electron chi connectivity index (χ4n) is 2.61. The zero-order chi connectivity index (χ0) is 22.6. The van der Waals surface area contributed by atoms with Crippen LogP contribution in [0.1, 0.15) is 35.8 Å². The highest BCUT2D eigenvalue weighted by Gasteiger charge is 2.16. The van der Waals surface area contributed by atoms with Gasteiger partial charge in [0.1, 0.15) is 12.4 Å². The van der Waals surface area contributed by atoms with E-state index in [1.165, 1.54) is 5.56 Å². The van der Waals surface area contributed by atoms with Crippen LogP contribution in [0.5, 0.6) is 5.75 Å². The average Bonchev–Trinajstić information content (AvgIpc) is 2.74. The number of hydrogen-bond acceptors (Lipinski definition) is 8. The number of nitrogens with one attached hydrogen (secondary N) is 3. The molecule has 1 aromatic heterocycles. The smallest absolute Gasteiger partial charge is 0.280 e. The topological polar surface area (TPSA) is 161 Å². The largest absolute Gasteiger partial charge is 0.491 e. The van der Waals surface area contributed by atoms with Gasteiger partial charge in [0.15, 0.2) is 28.4 Å². The van der Waals surface area contributed by atoms with Crippen molar-refractivity contribution in [3.63, 3.8) is 0 Å². The molecule has 0 aliphatic rings. The summed E-state index contributed by atoms with van der Waals surface area (Å²) in [5.74, 6) is -0.242. The third-order valence-corrected chi connectivity index (χ3v) is 4.45. The van der Waals surface area contributed by atoms with Gasteiger partial charge < -0.3 is 26.3 Å². The molecule has 1 aromatic carbocycles. The van der Waals surface area contributed by atoms with Gasteiger partial charge in [0.05, 0.1) is 6.61 Å². The van der Waals surface area contributed by atoms with Crippen LogP contribution < -0.4 is 26.8 Å². The molecule has 1 amide bonds. The Morgan fingerprint density at radius 3 is 2.58 bits per heavy atom. The molecule has 0 spiro atoms. The van der Waals surface area contributed by atoms with Gasteiger partial charge in [0, 0.05) is 13.2 Å². The lowest BCUT2D eigenvalue weighted by molar-refractivity contribution is 0.0971. The third kappa shape index (κ3) is 8.27. The Morgan fingerprint density at radius 2 is 1.87 bits per heavy atom. The van der Waals surface area contributed by atoms with Crippen LogP contribution in [-0.4, -0.2) is 48.2 Å². The van der Waals surface area contributed by atoms with E-state index in [0.29, 0.717) is 26.4 Å². The quantitative estimate of drug-likeness (QED) is 0.197. The first-order valence-corrected chi connectivity index (χ1v) is 10.3. The molecule has 31 heavy (non-hydrogen) atoms. The lowest BCUT2D eigenvalue weighted by atomic mass is 10.1. The lowest BCUT2D eigenvalue weighted by Crippen LogP contribution is -2.41. The van der Waals surface area contributed by atoms with Crippen molar-refractivity contribution in [3.8, 4) is 5.75 Å². The highest BCUT2D eigenvalue weighted by Crippen LogP contribution is 2.17. The molecule has 2 aromatic rings. The molecule has 11 heteroatoms. The number of guanidine groups is 1. The Kier molecular flexibility index (Phi) is 9.79. The van der Waals surface area contributed by atoms with Crippen molar-refractivity contribution >= 4 is 35.1 Å². The summed E-state index contributed by atoms with van der Waals surface area (Å²) in [4.78, 5) is 19.7. The van der Waals surface area contributed by atoms with E-state index in [4.69, 9.17) is 38.0 Å². The van der Waals surface area contributed by atoms with E-state index in [2.05, 4.69) is 20.6 Å². The number of halogens is 1. The van der Waals surface area contributed by atoms with Gasteiger partial charge in [-0.25, -0.2) is 9.97 Å². The van der Waals surface area contributed by atoms with Crippen molar-refractivity contribution in [2.45, 2.75) is 26.2 Å². The van der Waals surface area contributed by atoms with Crippen LogP contribution in [-0.2, 0) is 11.2 Å². The molecule has 7 N–H and O–H groups in total. The molecular formula is C20H28ClN7O3. The van der Waals surface area contributed by atoms with Crippen LogP contribution in [0.25, 0.3) is 0 Å². The fraction of sp³-hybridized carbons (Fsp3) is 0.400. The highest BCUT2D eigenvalue weighted by atomic mass is 35.5. The Bertz CT molecular complexity index is 878.